The standard InChI is InChI=1S/C22H35NO5/c1-2-3-4-5-6-7-8-9-10-11-12-13-16-28-22(27)23-18-14-15-19(21(25)26)20(24)17-18/h14-15,17,24H,2-13,16H2,1H3,(H,23,27)(H,25,26). The van der Waals surface area contributed by atoms with Gasteiger partial charge < -0.3 is 14.9 Å². The quantitative estimate of drug-likeness (QED) is 0.302. The first-order valence-electron chi connectivity index (χ1n) is 10.5. The topological polar surface area (TPSA) is 95.9 Å². The average molecular weight is 394 g/mol. The number of carbonyl (C=O) groups excluding carboxylic acids is 1. The van der Waals surface area contributed by atoms with Crippen LogP contribution >= 0.6 is 0 Å². The Morgan fingerprint density at radius 1 is 0.893 bits per heavy atom. The number of aromatic hydroxyl groups is 1. The Bertz CT molecular complexity index is 588. The maximum atomic E-state index is 11.7. The molecule has 0 aliphatic carbocycles. The van der Waals surface area contributed by atoms with Crippen LogP contribution in [-0.4, -0.2) is 28.9 Å². The molecule has 0 saturated heterocycles. The van der Waals surface area contributed by atoms with Gasteiger partial charge in [0.1, 0.15) is 11.3 Å². The Balaban J connectivity index is 2.00. The number of carbonyl (C=O) groups is 2. The van der Waals surface area contributed by atoms with Crippen molar-refractivity contribution in [3.8, 4) is 5.75 Å². The Hall–Kier alpha value is -2.24. The maximum Gasteiger partial charge on any atom is 0.411 e. The van der Waals surface area contributed by atoms with E-state index in [0.717, 1.165) is 19.3 Å². The van der Waals surface area contributed by atoms with Gasteiger partial charge in [0.25, 0.3) is 0 Å². The van der Waals surface area contributed by atoms with Crippen molar-refractivity contribution in [1.82, 2.24) is 0 Å². The molecule has 6 heteroatoms. The van der Waals surface area contributed by atoms with Crippen LogP contribution in [0.1, 0.15) is 94.3 Å². The molecule has 3 N–H and O–H groups in total. The lowest BCUT2D eigenvalue weighted by molar-refractivity contribution is 0.0693. The van der Waals surface area contributed by atoms with Gasteiger partial charge in [-0.3, -0.25) is 5.32 Å². The monoisotopic (exact) mass is 393 g/mol. The van der Waals surface area contributed by atoms with Crippen LogP contribution in [0.5, 0.6) is 5.75 Å². The van der Waals surface area contributed by atoms with E-state index in [0.29, 0.717) is 12.3 Å². The van der Waals surface area contributed by atoms with Gasteiger partial charge in [-0.05, 0) is 18.6 Å². The van der Waals surface area contributed by atoms with E-state index in [1.807, 2.05) is 0 Å². The minimum atomic E-state index is -1.22. The molecule has 0 heterocycles. The van der Waals surface area contributed by atoms with Crippen LogP contribution in [0.3, 0.4) is 0 Å². The molecular weight excluding hydrogens is 358 g/mol. The highest BCUT2D eigenvalue weighted by Crippen LogP contribution is 2.22. The highest BCUT2D eigenvalue weighted by molar-refractivity contribution is 5.92. The van der Waals surface area contributed by atoms with Crippen molar-refractivity contribution in [1.29, 1.82) is 0 Å². The summed E-state index contributed by atoms with van der Waals surface area (Å²) in [6.45, 7) is 2.59. The molecule has 0 radical (unpaired) electrons. The third-order valence-corrected chi connectivity index (χ3v) is 4.71. The van der Waals surface area contributed by atoms with E-state index in [1.54, 1.807) is 0 Å². The molecule has 158 valence electrons. The second-order valence-electron chi connectivity index (χ2n) is 7.19. The van der Waals surface area contributed by atoms with Crippen LogP contribution in [0, 0.1) is 0 Å². The minimum Gasteiger partial charge on any atom is -0.507 e. The Morgan fingerprint density at radius 2 is 1.43 bits per heavy atom. The Kier molecular flexibility index (Phi) is 12.6. The van der Waals surface area contributed by atoms with E-state index >= 15 is 0 Å². The van der Waals surface area contributed by atoms with Crippen molar-refractivity contribution < 1.29 is 24.5 Å². The van der Waals surface area contributed by atoms with E-state index < -0.39 is 17.8 Å². The zero-order valence-electron chi connectivity index (χ0n) is 17.0. The number of ether oxygens (including phenoxy) is 1. The largest absolute Gasteiger partial charge is 0.507 e. The summed E-state index contributed by atoms with van der Waals surface area (Å²) >= 11 is 0. The normalized spacial score (nSPS) is 10.6. The van der Waals surface area contributed by atoms with Crippen molar-refractivity contribution in [2.75, 3.05) is 11.9 Å². The zero-order chi connectivity index (χ0) is 20.6. The fraction of sp³-hybridized carbons (Fsp3) is 0.636. The van der Waals surface area contributed by atoms with Crippen LogP contribution in [0.2, 0.25) is 0 Å². The molecule has 0 aliphatic rings. The smallest absolute Gasteiger partial charge is 0.411 e. The van der Waals surface area contributed by atoms with E-state index in [1.165, 1.54) is 76.0 Å². The first-order chi connectivity index (χ1) is 13.5. The summed E-state index contributed by atoms with van der Waals surface area (Å²) in [5, 5.41) is 20.9. The van der Waals surface area contributed by atoms with Crippen LogP contribution in [0.15, 0.2) is 18.2 Å². The molecule has 1 amide bonds. The number of amides is 1. The van der Waals surface area contributed by atoms with Crippen molar-refractivity contribution >= 4 is 17.7 Å². The number of phenols is 1. The molecule has 1 rings (SSSR count). The van der Waals surface area contributed by atoms with E-state index in [-0.39, 0.29) is 5.56 Å². The predicted molar refractivity (Wildman–Crippen MR) is 111 cm³/mol. The van der Waals surface area contributed by atoms with Gasteiger partial charge in [0.15, 0.2) is 0 Å². The summed E-state index contributed by atoms with van der Waals surface area (Å²) in [5.41, 5.74) is 0.0811. The summed E-state index contributed by atoms with van der Waals surface area (Å²) in [6, 6.07) is 3.83. The maximum absolute atomic E-state index is 11.7. The number of aromatic carboxylic acids is 1. The molecule has 0 aliphatic heterocycles. The van der Waals surface area contributed by atoms with Gasteiger partial charge >= 0.3 is 12.1 Å². The number of anilines is 1. The van der Waals surface area contributed by atoms with E-state index in [2.05, 4.69) is 12.2 Å². The molecule has 0 saturated carbocycles. The molecule has 0 aromatic heterocycles. The minimum absolute atomic E-state index is 0.213. The number of benzene rings is 1. The molecule has 0 atom stereocenters. The van der Waals surface area contributed by atoms with Crippen LogP contribution in [-0.2, 0) is 4.74 Å². The first kappa shape index (κ1) is 23.8. The summed E-state index contributed by atoms with van der Waals surface area (Å²) in [4.78, 5) is 22.5. The molecule has 6 nitrogen and oxygen atoms in total. The van der Waals surface area contributed by atoms with Crippen molar-refractivity contribution in [3.63, 3.8) is 0 Å². The van der Waals surface area contributed by atoms with Gasteiger partial charge in [-0.25, -0.2) is 9.59 Å². The average Bonchev–Trinajstić information content (AvgIpc) is 2.65. The Morgan fingerprint density at radius 3 is 1.93 bits per heavy atom. The summed E-state index contributed by atoms with van der Waals surface area (Å²) in [6.07, 6.45) is 14.4. The lowest BCUT2D eigenvalue weighted by Crippen LogP contribution is -2.14. The molecule has 0 spiro atoms. The predicted octanol–water partition coefficient (Wildman–Crippen LogP) is 6.34. The van der Waals surface area contributed by atoms with Crippen LogP contribution in [0.25, 0.3) is 0 Å². The highest BCUT2D eigenvalue weighted by atomic mass is 16.5. The summed E-state index contributed by atoms with van der Waals surface area (Å²) in [5.74, 6) is -1.62. The number of nitrogens with one attached hydrogen (secondary N) is 1. The molecule has 0 unspecified atom stereocenters. The SMILES string of the molecule is CCCCCCCCCCCCCCOC(=O)Nc1ccc(C(=O)O)c(O)c1. The summed E-state index contributed by atoms with van der Waals surface area (Å²) < 4.78 is 5.11. The Labute approximate surface area is 168 Å². The molecule has 28 heavy (non-hydrogen) atoms. The van der Waals surface area contributed by atoms with E-state index in [9.17, 15) is 14.7 Å². The number of hydrogen-bond acceptors (Lipinski definition) is 4. The second kappa shape index (κ2) is 14.8. The molecule has 0 bridgehead atoms. The second-order valence-corrected chi connectivity index (χ2v) is 7.19. The zero-order valence-corrected chi connectivity index (χ0v) is 17.0. The third-order valence-electron chi connectivity index (χ3n) is 4.71. The van der Waals surface area contributed by atoms with Crippen LogP contribution in [0.4, 0.5) is 10.5 Å². The number of unbranched alkanes of at least 4 members (excludes halogenated alkanes) is 11. The number of carboxylic acid groups (broad SMARTS) is 1. The lowest BCUT2D eigenvalue weighted by Gasteiger charge is -2.08. The lowest BCUT2D eigenvalue weighted by atomic mass is 10.1. The van der Waals surface area contributed by atoms with Gasteiger partial charge in [-0.1, -0.05) is 77.6 Å². The fourth-order valence-electron chi connectivity index (χ4n) is 3.05. The number of carboxylic acids is 1. The summed E-state index contributed by atoms with van der Waals surface area (Å²) in [7, 11) is 0. The van der Waals surface area contributed by atoms with Gasteiger partial charge in [0.2, 0.25) is 0 Å². The third kappa shape index (κ3) is 10.8. The number of hydrogen-bond donors (Lipinski definition) is 3. The van der Waals surface area contributed by atoms with Crippen molar-refractivity contribution in [2.24, 2.45) is 0 Å². The molecule has 1 aromatic rings. The highest BCUT2D eigenvalue weighted by Gasteiger charge is 2.11. The first-order valence-corrected chi connectivity index (χ1v) is 10.5. The van der Waals surface area contributed by atoms with Gasteiger partial charge in [-0.15, -0.1) is 0 Å². The number of rotatable bonds is 15. The van der Waals surface area contributed by atoms with Gasteiger partial charge in [0, 0.05) is 11.8 Å². The van der Waals surface area contributed by atoms with Gasteiger partial charge in [0.05, 0.1) is 6.61 Å². The van der Waals surface area contributed by atoms with E-state index in [4.69, 9.17) is 9.84 Å². The van der Waals surface area contributed by atoms with Crippen LogP contribution < -0.4 is 5.32 Å². The molecular formula is C22H35NO5. The van der Waals surface area contributed by atoms with Gasteiger partial charge in [-0.2, -0.15) is 0 Å². The molecule has 0 fully saturated rings. The van der Waals surface area contributed by atoms with Crippen molar-refractivity contribution in [2.45, 2.75) is 84.0 Å². The fourth-order valence-corrected chi connectivity index (χ4v) is 3.05. The molecule has 1 aromatic carbocycles. The van der Waals surface area contributed by atoms with Crippen molar-refractivity contribution in [3.05, 3.63) is 23.8 Å².